The number of benzene rings is 1. The zero-order chi connectivity index (χ0) is 15.7. The predicted molar refractivity (Wildman–Crippen MR) is 79.0 cm³/mol. The molecular weight excluding hydrogens is 276 g/mol. The van der Waals surface area contributed by atoms with Gasteiger partial charge in [0.15, 0.2) is 0 Å². The average Bonchev–Trinajstić information content (AvgIpc) is 2.49. The lowest BCUT2D eigenvalue weighted by atomic mass is 10.1. The van der Waals surface area contributed by atoms with Gasteiger partial charge in [0, 0.05) is 31.4 Å². The third-order valence-electron chi connectivity index (χ3n) is 2.71. The van der Waals surface area contributed by atoms with Gasteiger partial charge in [0.25, 0.3) is 11.6 Å². The van der Waals surface area contributed by atoms with E-state index < -0.39 is 4.92 Å². The molecule has 0 aliphatic rings. The van der Waals surface area contributed by atoms with Gasteiger partial charge in [0.1, 0.15) is 5.69 Å². The zero-order valence-corrected chi connectivity index (χ0v) is 11.9. The van der Waals surface area contributed by atoms with Crippen LogP contribution in [0.2, 0.25) is 0 Å². The second kappa shape index (κ2) is 8.88. The van der Waals surface area contributed by atoms with Crippen LogP contribution in [-0.4, -0.2) is 30.6 Å². The molecule has 0 radical (unpaired) electrons. The van der Waals surface area contributed by atoms with Crippen molar-refractivity contribution in [2.24, 2.45) is 5.84 Å². The largest absolute Gasteiger partial charge is 0.381 e. The van der Waals surface area contributed by atoms with Gasteiger partial charge in [0.2, 0.25) is 0 Å². The Bertz CT molecular complexity index is 493. The lowest BCUT2D eigenvalue weighted by Crippen LogP contribution is -2.25. The lowest BCUT2D eigenvalue weighted by Gasteiger charge is -2.07. The number of carbonyl (C=O) groups is 1. The van der Waals surface area contributed by atoms with Gasteiger partial charge < -0.3 is 15.5 Å². The normalized spacial score (nSPS) is 10.2. The number of nitrogens with one attached hydrogen (secondary N) is 2. The Morgan fingerprint density at radius 1 is 1.43 bits per heavy atom. The summed E-state index contributed by atoms with van der Waals surface area (Å²) in [5, 5.41) is 13.5. The SMILES string of the molecule is CCCOCCCNC(=O)c1ccc([N+](=O)[O-])c(NN)c1. The van der Waals surface area contributed by atoms with Crippen molar-refractivity contribution in [3.05, 3.63) is 33.9 Å². The van der Waals surface area contributed by atoms with E-state index in [-0.39, 0.29) is 17.3 Å². The summed E-state index contributed by atoms with van der Waals surface area (Å²) in [6.07, 6.45) is 1.67. The maximum Gasteiger partial charge on any atom is 0.293 e. The minimum absolute atomic E-state index is 0.0962. The molecule has 0 fully saturated rings. The van der Waals surface area contributed by atoms with Gasteiger partial charge in [-0.25, -0.2) is 0 Å². The molecule has 0 unspecified atom stereocenters. The fraction of sp³-hybridized carbons (Fsp3) is 0.462. The number of amides is 1. The van der Waals surface area contributed by atoms with E-state index >= 15 is 0 Å². The molecule has 21 heavy (non-hydrogen) atoms. The molecule has 1 amide bonds. The Morgan fingerprint density at radius 2 is 2.19 bits per heavy atom. The van der Waals surface area contributed by atoms with Crippen LogP contribution in [0.25, 0.3) is 0 Å². The smallest absolute Gasteiger partial charge is 0.293 e. The minimum Gasteiger partial charge on any atom is -0.381 e. The predicted octanol–water partition coefficient (Wildman–Crippen LogP) is 1.43. The quantitative estimate of drug-likeness (QED) is 0.274. The summed E-state index contributed by atoms with van der Waals surface area (Å²) in [6.45, 7) is 3.80. The maximum absolute atomic E-state index is 11.9. The van der Waals surface area contributed by atoms with Crippen LogP contribution in [0, 0.1) is 10.1 Å². The summed E-state index contributed by atoms with van der Waals surface area (Å²) in [5.41, 5.74) is 2.45. The molecule has 8 nitrogen and oxygen atoms in total. The number of nitro groups is 1. The number of hydrogen-bond acceptors (Lipinski definition) is 6. The highest BCUT2D eigenvalue weighted by molar-refractivity contribution is 5.95. The van der Waals surface area contributed by atoms with Crippen molar-refractivity contribution in [1.29, 1.82) is 0 Å². The summed E-state index contributed by atoms with van der Waals surface area (Å²) >= 11 is 0. The molecule has 0 spiro atoms. The molecule has 1 rings (SSSR count). The first-order valence-electron chi connectivity index (χ1n) is 6.71. The van der Waals surface area contributed by atoms with Crippen LogP contribution in [0.4, 0.5) is 11.4 Å². The number of nitro benzene ring substituents is 1. The number of rotatable bonds is 9. The summed E-state index contributed by atoms with van der Waals surface area (Å²) in [6, 6.07) is 3.98. The molecule has 0 aliphatic heterocycles. The van der Waals surface area contributed by atoms with Gasteiger partial charge in [-0.2, -0.15) is 0 Å². The van der Waals surface area contributed by atoms with Crippen molar-refractivity contribution >= 4 is 17.3 Å². The van der Waals surface area contributed by atoms with E-state index in [2.05, 4.69) is 10.7 Å². The fourth-order valence-corrected chi connectivity index (χ4v) is 1.68. The summed E-state index contributed by atoms with van der Waals surface area (Å²) in [5.74, 6) is 4.91. The third-order valence-corrected chi connectivity index (χ3v) is 2.71. The molecule has 0 bridgehead atoms. The number of carbonyl (C=O) groups excluding carboxylic acids is 1. The van der Waals surface area contributed by atoms with Crippen molar-refractivity contribution in [1.82, 2.24) is 5.32 Å². The lowest BCUT2D eigenvalue weighted by molar-refractivity contribution is -0.384. The molecule has 0 saturated heterocycles. The van der Waals surface area contributed by atoms with Gasteiger partial charge in [0.05, 0.1) is 4.92 Å². The van der Waals surface area contributed by atoms with Crippen LogP contribution in [-0.2, 0) is 4.74 Å². The first kappa shape index (κ1) is 16.9. The van der Waals surface area contributed by atoms with Crippen molar-refractivity contribution in [3.63, 3.8) is 0 Å². The van der Waals surface area contributed by atoms with Crippen molar-refractivity contribution < 1.29 is 14.5 Å². The molecule has 0 aromatic heterocycles. The number of ether oxygens (including phenoxy) is 1. The monoisotopic (exact) mass is 296 g/mol. The first-order valence-corrected chi connectivity index (χ1v) is 6.71. The number of nitrogens with zero attached hydrogens (tertiary/aromatic N) is 1. The van der Waals surface area contributed by atoms with E-state index in [0.29, 0.717) is 31.7 Å². The Morgan fingerprint density at radius 3 is 2.81 bits per heavy atom. The van der Waals surface area contributed by atoms with E-state index in [9.17, 15) is 14.9 Å². The Hall–Kier alpha value is -2.19. The molecule has 4 N–H and O–H groups in total. The highest BCUT2D eigenvalue weighted by Gasteiger charge is 2.15. The Balaban J connectivity index is 2.53. The molecule has 1 aromatic carbocycles. The number of hydrazine groups is 1. The van der Waals surface area contributed by atoms with Gasteiger partial charge in [-0.15, -0.1) is 0 Å². The van der Waals surface area contributed by atoms with Crippen LogP contribution in [0.1, 0.15) is 30.1 Å². The second-order valence-corrected chi connectivity index (χ2v) is 4.36. The third kappa shape index (κ3) is 5.36. The zero-order valence-electron chi connectivity index (χ0n) is 11.9. The van der Waals surface area contributed by atoms with Crippen molar-refractivity contribution in [2.45, 2.75) is 19.8 Å². The van der Waals surface area contributed by atoms with Gasteiger partial charge >= 0.3 is 0 Å². The van der Waals surface area contributed by atoms with Crippen LogP contribution in [0.3, 0.4) is 0 Å². The van der Waals surface area contributed by atoms with Crippen LogP contribution < -0.4 is 16.6 Å². The molecule has 0 heterocycles. The summed E-state index contributed by atoms with van der Waals surface area (Å²) in [4.78, 5) is 22.1. The molecule has 0 saturated carbocycles. The van der Waals surface area contributed by atoms with E-state index in [0.717, 1.165) is 6.42 Å². The Kier molecular flexibility index (Phi) is 7.13. The highest BCUT2D eigenvalue weighted by atomic mass is 16.6. The van der Waals surface area contributed by atoms with Crippen LogP contribution in [0.15, 0.2) is 18.2 Å². The van der Waals surface area contributed by atoms with E-state index in [1.807, 2.05) is 6.92 Å². The summed E-state index contributed by atoms with van der Waals surface area (Å²) in [7, 11) is 0. The maximum atomic E-state index is 11.9. The minimum atomic E-state index is -0.568. The summed E-state index contributed by atoms with van der Waals surface area (Å²) < 4.78 is 5.30. The van der Waals surface area contributed by atoms with Crippen LogP contribution >= 0.6 is 0 Å². The number of nitrogen functional groups attached to an aromatic ring is 1. The Labute approximate surface area is 122 Å². The van der Waals surface area contributed by atoms with Crippen LogP contribution in [0.5, 0.6) is 0 Å². The van der Waals surface area contributed by atoms with Crippen molar-refractivity contribution in [2.75, 3.05) is 25.2 Å². The number of anilines is 1. The molecule has 116 valence electrons. The molecule has 0 aliphatic carbocycles. The molecule has 1 aromatic rings. The van der Waals surface area contributed by atoms with E-state index in [1.165, 1.54) is 18.2 Å². The van der Waals surface area contributed by atoms with E-state index in [4.69, 9.17) is 10.6 Å². The average molecular weight is 296 g/mol. The van der Waals surface area contributed by atoms with Gasteiger partial charge in [-0.1, -0.05) is 6.92 Å². The van der Waals surface area contributed by atoms with Gasteiger partial charge in [-0.3, -0.25) is 20.8 Å². The number of nitrogens with two attached hydrogens (primary N) is 1. The molecular formula is C13H20N4O4. The number of hydrogen-bond donors (Lipinski definition) is 3. The van der Waals surface area contributed by atoms with E-state index in [1.54, 1.807) is 0 Å². The second-order valence-electron chi connectivity index (χ2n) is 4.36. The molecule has 0 atom stereocenters. The standard InChI is InChI=1S/C13H20N4O4/c1-2-7-21-8-3-6-15-13(18)10-4-5-12(17(19)20)11(9-10)16-14/h4-5,9,16H,2-3,6-8,14H2,1H3,(H,15,18). The molecule has 8 heteroatoms. The topological polar surface area (TPSA) is 120 Å². The van der Waals surface area contributed by atoms with Crippen molar-refractivity contribution in [3.8, 4) is 0 Å². The fourth-order valence-electron chi connectivity index (χ4n) is 1.68. The first-order chi connectivity index (χ1) is 10.1. The van der Waals surface area contributed by atoms with Gasteiger partial charge in [-0.05, 0) is 25.0 Å². The highest BCUT2D eigenvalue weighted by Crippen LogP contribution is 2.24.